The third kappa shape index (κ3) is 5.82. The van der Waals surface area contributed by atoms with Crippen LogP contribution in [0.4, 0.5) is 5.69 Å². The zero-order valence-electron chi connectivity index (χ0n) is 14.3. The summed E-state index contributed by atoms with van der Waals surface area (Å²) in [5.41, 5.74) is 1.27. The van der Waals surface area contributed by atoms with Gasteiger partial charge in [0.1, 0.15) is 0 Å². The van der Waals surface area contributed by atoms with E-state index < -0.39 is 0 Å². The minimum absolute atomic E-state index is 0.0290. The number of ketones is 1. The molecule has 0 aliphatic rings. The SMILES string of the molecule is C=CCn1nnnc1SCC(=O)c1ccc(NC(=O)CC(C)C)cc1. The van der Waals surface area contributed by atoms with Crippen LogP contribution in [0, 0.1) is 5.92 Å². The molecule has 0 aliphatic heterocycles. The van der Waals surface area contributed by atoms with Gasteiger partial charge in [-0.25, -0.2) is 4.68 Å². The highest BCUT2D eigenvalue weighted by molar-refractivity contribution is 7.99. The van der Waals surface area contributed by atoms with Gasteiger partial charge in [-0.2, -0.15) is 0 Å². The van der Waals surface area contributed by atoms with Crippen molar-refractivity contribution in [2.45, 2.75) is 32.0 Å². The molecule has 1 aromatic heterocycles. The van der Waals surface area contributed by atoms with E-state index in [0.717, 1.165) is 0 Å². The van der Waals surface area contributed by atoms with Crippen molar-refractivity contribution in [1.29, 1.82) is 0 Å². The van der Waals surface area contributed by atoms with Gasteiger partial charge in [-0.05, 0) is 40.6 Å². The molecule has 7 nitrogen and oxygen atoms in total. The third-order valence-electron chi connectivity index (χ3n) is 3.22. The number of tetrazole rings is 1. The fourth-order valence-corrected chi connectivity index (χ4v) is 2.85. The number of carbonyl (C=O) groups excluding carboxylic acids is 2. The molecule has 2 rings (SSSR count). The fourth-order valence-electron chi connectivity index (χ4n) is 2.07. The molecule has 0 saturated heterocycles. The number of anilines is 1. The Morgan fingerprint density at radius 3 is 2.68 bits per heavy atom. The summed E-state index contributed by atoms with van der Waals surface area (Å²) in [5.74, 6) is 0.476. The number of thioether (sulfide) groups is 1. The Hall–Kier alpha value is -2.48. The van der Waals surface area contributed by atoms with E-state index in [1.807, 2.05) is 13.8 Å². The molecular weight excluding hydrogens is 338 g/mol. The molecule has 2 aromatic rings. The number of rotatable bonds is 9. The van der Waals surface area contributed by atoms with Crippen LogP contribution < -0.4 is 5.32 Å². The maximum atomic E-state index is 12.3. The summed E-state index contributed by atoms with van der Waals surface area (Å²) in [6.07, 6.45) is 2.16. The number of amides is 1. The van der Waals surface area contributed by atoms with E-state index in [1.165, 1.54) is 11.8 Å². The van der Waals surface area contributed by atoms with Crippen LogP contribution in [0.25, 0.3) is 0 Å². The standard InChI is InChI=1S/C17H21N5O2S/c1-4-9-22-17(19-20-21-22)25-11-15(23)13-5-7-14(8-6-13)18-16(24)10-12(2)3/h4-8,12H,1,9-11H2,2-3H3,(H,18,24). The van der Waals surface area contributed by atoms with Crippen molar-refractivity contribution in [2.24, 2.45) is 5.92 Å². The molecule has 0 atom stereocenters. The zero-order valence-corrected chi connectivity index (χ0v) is 15.1. The van der Waals surface area contributed by atoms with Crippen molar-refractivity contribution in [3.8, 4) is 0 Å². The molecule has 1 heterocycles. The van der Waals surface area contributed by atoms with E-state index in [1.54, 1.807) is 35.0 Å². The van der Waals surface area contributed by atoms with E-state index in [0.29, 0.717) is 35.3 Å². The van der Waals surface area contributed by atoms with Crippen LogP contribution in [-0.4, -0.2) is 37.7 Å². The second kappa shape index (κ2) is 9.12. The van der Waals surface area contributed by atoms with Gasteiger partial charge in [-0.15, -0.1) is 11.7 Å². The van der Waals surface area contributed by atoms with Crippen LogP contribution in [0.15, 0.2) is 42.1 Å². The Morgan fingerprint density at radius 2 is 2.04 bits per heavy atom. The Labute approximate surface area is 150 Å². The molecule has 8 heteroatoms. The number of hydrogen-bond acceptors (Lipinski definition) is 6. The molecule has 25 heavy (non-hydrogen) atoms. The van der Waals surface area contributed by atoms with E-state index in [-0.39, 0.29) is 17.4 Å². The first-order chi connectivity index (χ1) is 12.0. The van der Waals surface area contributed by atoms with Crippen molar-refractivity contribution < 1.29 is 9.59 Å². The quantitative estimate of drug-likeness (QED) is 0.421. The van der Waals surface area contributed by atoms with Crippen molar-refractivity contribution in [3.05, 3.63) is 42.5 Å². The number of nitrogens with zero attached hydrogens (tertiary/aromatic N) is 4. The summed E-state index contributed by atoms with van der Waals surface area (Å²) in [6, 6.07) is 6.89. The summed E-state index contributed by atoms with van der Waals surface area (Å²) in [4.78, 5) is 24.0. The van der Waals surface area contributed by atoms with Gasteiger partial charge in [0.2, 0.25) is 11.1 Å². The lowest BCUT2D eigenvalue weighted by atomic mass is 10.1. The lowest BCUT2D eigenvalue weighted by Gasteiger charge is -2.08. The third-order valence-corrected chi connectivity index (χ3v) is 4.17. The van der Waals surface area contributed by atoms with Crippen molar-refractivity contribution in [3.63, 3.8) is 0 Å². The lowest BCUT2D eigenvalue weighted by Crippen LogP contribution is -2.14. The van der Waals surface area contributed by atoms with Crippen LogP contribution in [-0.2, 0) is 11.3 Å². The normalized spacial score (nSPS) is 10.7. The highest BCUT2D eigenvalue weighted by atomic mass is 32.2. The van der Waals surface area contributed by atoms with Crippen molar-refractivity contribution >= 4 is 29.1 Å². The molecule has 0 unspecified atom stereocenters. The average Bonchev–Trinajstić information content (AvgIpc) is 3.00. The molecule has 1 N–H and O–H groups in total. The van der Waals surface area contributed by atoms with Gasteiger partial charge < -0.3 is 5.32 Å². The van der Waals surface area contributed by atoms with Crippen molar-refractivity contribution in [2.75, 3.05) is 11.1 Å². The summed E-state index contributed by atoms with van der Waals surface area (Å²) in [7, 11) is 0. The molecule has 0 radical (unpaired) electrons. The minimum atomic E-state index is -0.0294. The first-order valence-electron chi connectivity index (χ1n) is 7.92. The van der Waals surface area contributed by atoms with E-state index >= 15 is 0 Å². The van der Waals surface area contributed by atoms with Crippen molar-refractivity contribution in [1.82, 2.24) is 20.2 Å². The monoisotopic (exact) mass is 359 g/mol. The zero-order chi connectivity index (χ0) is 18.2. The van der Waals surface area contributed by atoms with Crippen LogP contribution in [0.5, 0.6) is 0 Å². The lowest BCUT2D eigenvalue weighted by molar-refractivity contribution is -0.116. The molecule has 0 bridgehead atoms. The highest BCUT2D eigenvalue weighted by Crippen LogP contribution is 2.17. The van der Waals surface area contributed by atoms with E-state index in [9.17, 15) is 9.59 Å². The molecule has 1 aromatic carbocycles. The Bertz CT molecular complexity index is 740. The molecule has 0 spiro atoms. The fraction of sp³-hybridized carbons (Fsp3) is 0.353. The van der Waals surface area contributed by atoms with Crippen LogP contribution in [0.3, 0.4) is 0 Å². The van der Waals surface area contributed by atoms with Gasteiger partial charge in [0.05, 0.1) is 12.3 Å². The largest absolute Gasteiger partial charge is 0.326 e. The predicted octanol–water partition coefficient (Wildman–Crippen LogP) is 2.82. The molecule has 0 aliphatic carbocycles. The number of allylic oxidation sites excluding steroid dienone is 1. The first kappa shape index (κ1) is 18.9. The maximum absolute atomic E-state index is 12.3. The second-order valence-electron chi connectivity index (χ2n) is 5.87. The molecule has 1 amide bonds. The Balaban J connectivity index is 1.90. The highest BCUT2D eigenvalue weighted by Gasteiger charge is 2.11. The number of hydrogen-bond donors (Lipinski definition) is 1. The molecule has 0 fully saturated rings. The molecule has 132 valence electrons. The van der Waals surface area contributed by atoms with E-state index in [2.05, 4.69) is 27.4 Å². The van der Waals surface area contributed by atoms with Gasteiger partial charge in [0.25, 0.3) is 0 Å². The summed E-state index contributed by atoms with van der Waals surface area (Å²) in [6.45, 7) is 8.12. The van der Waals surface area contributed by atoms with Gasteiger partial charge >= 0.3 is 0 Å². The van der Waals surface area contributed by atoms with Crippen LogP contribution in [0.1, 0.15) is 30.6 Å². The van der Waals surface area contributed by atoms with Crippen LogP contribution >= 0.6 is 11.8 Å². The second-order valence-corrected chi connectivity index (χ2v) is 6.81. The van der Waals surface area contributed by atoms with E-state index in [4.69, 9.17) is 0 Å². The maximum Gasteiger partial charge on any atom is 0.224 e. The van der Waals surface area contributed by atoms with Crippen LogP contribution in [0.2, 0.25) is 0 Å². The Morgan fingerprint density at radius 1 is 1.32 bits per heavy atom. The smallest absolute Gasteiger partial charge is 0.224 e. The first-order valence-corrected chi connectivity index (χ1v) is 8.91. The number of nitrogens with one attached hydrogen (secondary N) is 1. The summed E-state index contributed by atoms with van der Waals surface area (Å²) in [5, 5.41) is 14.7. The molecular formula is C17H21N5O2S. The number of Topliss-reactive ketones (excluding diaryl/α,β-unsaturated/α-hetero) is 1. The number of aromatic nitrogens is 4. The number of carbonyl (C=O) groups is 2. The molecule has 0 saturated carbocycles. The summed E-state index contributed by atoms with van der Waals surface area (Å²) >= 11 is 1.28. The van der Waals surface area contributed by atoms with Gasteiger partial charge in [-0.3, -0.25) is 9.59 Å². The van der Waals surface area contributed by atoms with Gasteiger partial charge in [0, 0.05) is 17.7 Å². The predicted molar refractivity (Wildman–Crippen MR) is 97.6 cm³/mol. The van der Waals surface area contributed by atoms with Gasteiger partial charge in [0.15, 0.2) is 5.78 Å². The summed E-state index contributed by atoms with van der Waals surface area (Å²) < 4.78 is 1.58. The number of benzene rings is 1. The Kier molecular flexibility index (Phi) is 6.88. The topological polar surface area (TPSA) is 89.8 Å². The minimum Gasteiger partial charge on any atom is -0.326 e. The average molecular weight is 359 g/mol. The van der Waals surface area contributed by atoms with Gasteiger partial charge in [-0.1, -0.05) is 31.7 Å².